The highest BCUT2D eigenvalue weighted by atomic mass is 32.1. The molecule has 0 aliphatic carbocycles. The summed E-state index contributed by atoms with van der Waals surface area (Å²) >= 11 is 1.78. The van der Waals surface area contributed by atoms with E-state index in [4.69, 9.17) is 4.74 Å². The molecule has 4 heteroatoms. The quantitative estimate of drug-likeness (QED) is 0.860. The summed E-state index contributed by atoms with van der Waals surface area (Å²) in [5.74, 6) is 0. The lowest BCUT2D eigenvalue weighted by Gasteiger charge is -2.32. The number of hydrogen-bond donors (Lipinski definition) is 1. The average molecular weight is 242 g/mol. The fourth-order valence-electron chi connectivity index (χ4n) is 1.64. The number of nitrogens with zero attached hydrogens (tertiary/aromatic N) is 1. The Kier molecular flexibility index (Phi) is 4.47. The first-order valence-corrected chi connectivity index (χ1v) is 6.37. The second kappa shape index (κ2) is 5.25. The van der Waals surface area contributed by atoms with E-state index in [2.05, 4.69) is 38.0 Å². The molecule has 1 rings (SSSR count). The molecule has 0 radical (unpaired) electrons. The Labute approximate surface area is 102 Å². The number of hydrogen-bond acceptors (Lipinski definition) is 4. The average Bonchev–Trinajstić information content (AvgIpc) is 2.54. The summed E-state index contributed by atoms with van der Waals surface area (Å²) in [6.07, 6.45) is 0.913. The summed E-state index contributed by atoms with van der Waals surface area (Å²) in [4.78, 5) is 5.87. The van der Waals surface area contributed by atoms with Gasteiger partial charge in [-0.25, -0.2) is 4.98 Å². The van der Waals surface area contributed by atoms with Crippen molar-refractivity contribution in [1.29, 1.82) is 0 Å². The van der Waals surface area contributed by atoms with Crippen LogP contribution in [0.5, 0.6) is 0 Å². The molecule has 1 unspecified atom stereocenters. The summed E-state index contributed by atoms with van der Waals surface area (Å²) < 4.78 is 5.51. The van der Waals surface area contributed by atoms with Gasteiger partial charge in [-0.3, -0.25) is 0 Å². The van der Waals surface area contributed by atoms with Crippen LogP contribution in [0.4, 0.5) is 0 Å². The van der Waals surface area contributed by atoms with Gasteiger partial charge in [-0.2, -0.15) is 0 Å². The largest absolute Gasteiger partial charge is 0.377 e. The molecule has 3 nitrogen and oxygen atoms in total. The Hall–Kier alpha value is -0.450. The maximum atomic E-state index is 5.51. The normalized spacial score (nSPS) is 14.1. The smallest absolute Gasteiger partial charge is 0.0947 e. The maximum Gasteiger partial charge on any atom is 0.0947 e. The van der Waals surface area contributed by atoms with Gasteiger partial charge < -0.3 is 10.1 Å². The van der Waals surface area contributed by atoms with Crippen LogP contribution in [0.3, 0.4) is 0 Å². The Bertz CT molecular complexity index is 327. The van der Waals surface area contributed by atoms with Gasteiger partial charge in [0.1, 0.15) is 0 Å². The molecule has 0 saturated carbocycles. The molecule has 0 spiro atoms. The van der Waals surface area contributed by atoms with Crippen LogP contribution in [0.1, 0.15) is 29.4 Å². The first-order chi connectivity index (χ1) is 7.40. The van der Waals surface area contributed by atoms with Crippen LogP contribution in [0.15, 0.2) is 0 Å². The van der Waals surface area contributed by atoms with E-state index in [-0.39, 0.29) is 11.6 Å². The minimum Gasteiger partial charge on any atom is -0.377 e. The van der Waals surface area contributed by atoms with Crippen LogP contribution >= 0.6 is 11.3 Å². The van der Waals surface area contributed by atoms with Crippen LogP contribution in [0.2, 0.25) is 0 Å². The Morgan fingerprint density at radius 1 is 1.44 bits per heavy atom. The monoisotopic (exact) mass is 242 g/mol. The fraction of sp³-hybridized carbons (Fsp3) is 0.750. The van der Waals surface area contributed by atoms with E-state index in [1.807, 2.05) is 7.05 Å². The first-order valence-electron chi connectivity index (χ1n) is 5.56. The Balaban J connectivity index is 2.78. The first kappa shape index (κ1) is 13.6. The minimum absolute atomic E-state index is 0.178. The van der Waals surface area contributed by atoms with Gasteiger partial charge in [-0.05, 0) is 34.7 Å². The van der Waals surface area contributed by atoms with E-state index in [0.29, 0.717) is 0 Å². The van der Waals surface area contributed by atoms with Crippen molar-refractivity contribution in [1.82, 2.24) is 10.3 Å². The molecule has 1 aromatic heterocycles. The highest BCUT2D eigenvalue weighted by Gasteiger charge is 2.28. The van der Waals surface area contributed by atoms with Gasteiger partial charge in [-0.1, -0.05) is 0 Å². The van der Waals surface area contributed by atoms with Crippen LogP contribution in [-0.4, -0.2) is 30.8 Å². The number of methoxy groups -OCH3 is 1. The van der Waals surface area contributed by atoms with Gasteiger partial charge in [-0.15, -0.1) is 11.3 Å². The van der Waals surface area contributed by atoms with Crippen molar-refractivity contribution in [2.24, 2.45) is 0 Å². The predicted octanol–water partition coefficient (Wildman–Crippen LogP) is 2.32. The third-order valence-electron chi connectivity index (χ3n) is 3.17. The van der Waals surface area contributed by atoms with E-state index in [1.165, 1.54) is 9.88 Å². The summed E-state index contributed by atoms with van der Waals surface area (Å²) in [6, 6.07) is 0.280. The van der Waals surface area contributed by atoms with Crippen molar-refractivity contribution in [2.45, 2.75) is 45.8 Å². The van der Waals surface area contributed by atoms with Crippen molar-refractivity contribution < 1.29 is 4.74 Å². The molecule has 1 atom stereocenters. The van der Waals surface area contributed by atoms with Crippen molar-refractivity contribution >= 4 is 11.3 Å². The van der Waals surface area contributed by atoms with Gasteiger partial charge in [0.25, 0.3) is 0 Å². The molecule has 92 valence electrons. The molecule has 16 heavy (non-hydrogen) atoms. The van der Waals surface area contributed by atoms with Gasteiger partial charge >= 0.3 is 0 Å². The molecular formula is C12H22N2OS. The fourth-order valence-corrected chi connectivity index (χ4v) is 2.62. The van der Waals surface area contributed by atoms with E-state index in [9.17, 15) is 0 Å². The third-order valence-corrected chi connectivity index (χ3v) is 4.26. The van der Waals surface area contributed by atoms with E-state index >= 15 is 0 Å². The molecule has 1 N–H and O–H groups in total. The van der Waals surface area contributed by atoms with Crippen molar-refractivity contribution in [2.75, 3.05) is 14.2 Å². The lowest BCUT2D eigenvalue weighted by atomic mass is 9.96. The van der Waals surface area contributed by atoms with E-state index in [0.717, 1.165) is 12.1 Å². The van der Waals surface area contributed by atoms with E-state index in [1.54, 1.807) is 18.4 Å². The molecule has 0 saturated heterocycles. The number of aryl methyl sites for hydroxylation is 2. The third kappa shape index (κ3) is 3.03. The maximum absolute atomic E-state index is 5.51. The topological polar surface area (TPSA) is 34.2 Å². The highest BCUT2D eigenvalue weighted by molar-refractivity contribution is 7.11. The lowest BCUT2D eigenvalue weighted by molar-refractivity contribution is -0.00799. The summed E-state index contributed by atoms with van der Waals surface area (Å²) in [5.41, 5.74) is 0.965. The Morgan fingerprint density at radius 2 is 2.06 bits per heavy atom. The lowest BCUT2D eigenvalue weighted by Crippen LogP contribution is -2.48. The van der Waals surface area contributed by atoms with Crippen LogP contribution in [0.25, 0.3) is 0 Å². The second-order valence-electron chi connectivity index (χ2n) is 4.60. The standard InChI is InChI=1S/C12H22N2OS/c1-8-9(2)16-11(14-8)7-10(13-5)12(3,4)15-6/h10,13H,7H2,1-6H3. The highest BCUT2D eigenvalue weighted by Crippen LogP contribution is 2.22. The predicted molar refractivity (Wildman–Crippen MR) is 69.2 cm³/mol. The second-order valence-corrected chi connectivity index (χ2v) is 5.89. The molecule has 0 aromatic carbocycles. The summed E-state index contributed by atoms with van der Waals surface area (Å²) in [6.45, 7) is 8.38. The molecule has 1 aromatic rings. The number of rotatable bonds is 5. The molecule has 0 aliphatic rings. The number of likely N-dealkylation sites (N-methyl/N-ethyl adjacent to an activating group) is 1. The SMILES string of the molecule is CNC(Cc1nc(C)c(C)s1)C(C)(C)OC. The molecular weight excluding hydrogens is 220 g/mol. The molecule has 1 heterocycles. The van der Waals surface area contributed by atoms with Crippen LogP contribution in [0, 0.1) is 13.8 Å². The van der Waals surface area contributed by atoms with Gasteiger partial charge in [0.05, 0.1) is 16.3 Å². The Morgan fingerprint density at radius 3 is 2.44 bits per heavy atom. The number of aromatic nitrogens is 1. The van der Waals surface area contributed by atoms with Gasteiger partial charge in [0, 0.05) is 24.4 Å². The zero-order valence-corrected chi connectivity index (χ0v) is 11.9. The molecule has 0 bridgehead atoms. The molecule has 0 aliphatic heterocycles. The van der Waals surface area contributed by atoms with Crippen molar-refractivity contribution in [3.63, 3.8) is 0 Å². The number of ether oxygens (including phenoxy) is 1. The molecule has 0 amide bonds. The van der Waals surface area contributed by atoms with Gasteiger partial charge in [0.2, 0.25) is 0 Å². The summed E-state index contributed by atoms with van der Waals surface area (Å²) in [5, 5.41) is 4.49. The van der Waals surface area contributed by atoms with E-state index < -0.39 is 0 Å². The van der Waals surface area contributed by atoms with Gasteiger partial charge in [0.15, 0.2) is 0 Å². The summed E-state index contributed by atoms with van der Waals surface area (Å²) in [7, 11) is 3.72. The van der Waals surface area contributed by atoms with Crippen molar-refractivity contribution in [3.8, 4) is 0 Å². The van der Waals surface area contributed by atoms with Crippen molar-refractivity contribution in [3.05, 3.63) is 15.6 Å². The molecule has 0 fully saturated rings. The zero-order valence-electron chi connectivity index (χ0n) is 11.0. The number of thiazole rings is 1. The minimum atomic E-state index is -0.178. The number of nitrogens with one attached hydrogen (secondary N) is 1. The zero-order chi connectivity index (χ0) is 12.3. The van der Waals surface area contributed by atoms with Crippen LogP contribution < -0.4 is 5.32 Å². The van der Waals surface area contributed by atoms with Crippen LogP contribution in [-0.2, 0) is 11.2 Å².